The number of hydrogen-bond acceptors (Lipinski definition) is 8. The van der Waals surface area contributed by atoms with E-state index < -0.39 is 25.8 Å². The molecule has 0 N–H and O–H groups in total. The summed E-state index contributed by atoms with van der Waals surface area (Å²) in [5, 5.41) is 14.0. The Morgan fingerprint density at radius 3 is 2.00 bits per heavy atom. The highest BCUT2D eigenvalue weighted by Crippen LogP contribution is 2.27. The van der Waals surface area contributed by atoms with Crippen molar-refractivity contribution in [2.75, 3.05) is 19.0 Å². The van der Waals surface area contributed by atoms with Crippen LogP contribution >= 0.6 is 11.3 Å². The lowest BCUT2D eigenvalue weighted by molar-refractivity contribution is -0.218. The van der Waals surface area contributed by atoms with Gasteiger partial charge in [0.25, 0.3) is 10.0 Å². The molecule has 0 aliphatic carbocycles. The average molecular weight is 703 g/mol. The highest BCUT2D eigenvalue weighted by atomic mass is 32.2. The molecule has 5 aromatic rings. The average Bonchev–Trinajstić information content (AvgIpc) is 3.65. The topological polar surface area (TPSA) is 122 Å². The van der Waals surface area contributed by atoms with Crippen LogP contribution < -0.4 is 14.6 Å². The molecule has 250 valence electrons. The lowest BCUT2D eigenvalue weighted by Gasteiger charge is -2.14. The summed E-state index contributed by atoms with van der Waals surface area (Å²) in [7, 11) is -7.20. The minimum absolute atomic E-state index is 0.00301. The van der Waals surface area contributed by atoms with Gasteiger partial charge in [-0.25, -0.2) is 8.42 Å². The van der Waals surface area contributed by atoms with Gasteiger partial charge in [-0.2, -0.15) is 12.8 Å². The van der Waals surface area contributed by atoms with Crippen molar-refractivity contribution < 1.29 is 31.4 Å². The third-order valence-corrected chi connectivity index (χ3v) is 11.7. The monoisotopic (exact) mass is 702 g/mol. The molecule has 8 nitrogen and oxygen atoms in total. The largest absolute Gasteiger partial charge is 0.861 e. The second-order valence-corrected chi connectivity index (χ2v) is 16.1. The summed E-state index contributed by atoms with van der Waals surface area (Å²) in [6.07, 6.45) is 1.49. The van der Waals surface area contributed by atoms with E-state index in [-0.39, 0.29) is 22.1 Å². The number of sulfone groups is 1. The predicted octanol–water partition coefficient (Wildman–Crippen LogP) is 6.50. The molecule has 0 saturated carbocycles. The van der Waals surface area contributed by atoms with Gasteiger partial charge in [0.1, 0.15) is 15.7 Å². The Hall–Kier alpha value is -4.45. The van der Waals surface area contributed by atoms with Crippen LogP contribution in [0.5, 0.6) is 11.5 Å². The second kappa shape index (κ2) is 16.6. The molecule has 0 aliphatic rings. The van der Waals surface area contributed by atoms with Crippen LogP contribution in [0.3, 0.4) is 0 Å². The van der Waals surface area contributed by atoms with E-state index in [2.05, 4.69) is 4.40 Å². The number of aryl methyl sites for hydroxylation is 2. The van der Waals surface area contributed by atoms with Gasteiger partial charge in [-0.15, -0.1) is 11.3 Å². The standard InChI is InChI=1S/C37H37NO7S3/c39-36(38-48(42,43)37-12-6-26-46-37)22-17-31-10-4-5-11-35(31)32-15-20-34(21-16-32)45-25-7-24-44-33-18-13-30(14-19-33)28-47(40,41)27-23-29-8-2-1-3-9-29/h1-6,8-16,18-21,26H,7,17,22-25,27-28H2,(H,38,39)/p-1. The number of benzene rings is 4. The van der Waals surface area contributed by atoms with Crippen LogP contribution in [0.25, 0.3) is 11.1 Å². The lowest BCUT2D eigenvalue weighted by atomic mass is 9.96. The van der Waals surface area contributed by atoms with E-state index in [1.54, 1.807) is 35.7 Å². The minimum Gasteiger partial charge on any atom is -0.861 e. The third-order valence-electron chi connectivity index (χ3n) is 7.44. The fraction of sp³-hybridized carbons (Fsp3) is 0.216. The van der Waals surface area contributed by atoms with Gasteiger partial charge in [-0.3, -0.25) is 0 Å². The highest BCUT2D eigenvalue weighted by Gasteiger charge is 2.14. The Balaban J connectivity index is 1.04. The first-order valence-electron chi connectivity index (χ1n) is 15.5. The SMILES string of the molecule is O=S(=O)(CCc1ccccc1)Cc1ccc(OCCCOc2ccc(-c3ccccc3CC/C([O-])=N/S(=O)(=O)c3cccs3)cc2)cc1. The number of ether oxygens (including phenoxy) is 2. The zero-order chi connectivity index (χ0) is 33.8. The van der Waals surface area contributed by atoms with Gasteiger partial charge >= 0.3 is 0 Å². The van der Waals surface area contributed by atoms with Crippen molar-refractivity contribution in [3.05, 3.63) is 137 Å². The fourth-order valence-electron chi connectivity index (χ4n) is 4.99. The van der Waals surface area contributed by atoms with Crippen molar-refractivity contribution in [2.24, 2.45) is 4.40 Å². The van der Waals surface area contributed by atoms with Gasteiger partial charge in [0.15, 0.2) is 9.84 Å². The Morgan fingerprint density at radius 2 is 1.33 bits per heavy atom. The van der Waals surface area contributed by atoms with Crippen LogP contribution in [0.1, 0.15) is 29.5 Å². The fourth-order valence-corrected chi connectivity index (χ4v) is 8.30. The molecule has 0 fully saturated rings. The normalized spacial score (nSPS) is 12.1. The molecule has 1 aromatic heterocycles. The molecule has 1 heterocycles. The third kappa shape index (κ3) is 10.5. The van der Waals surface area contributed by atoms with Crippen molar-refractivity contribution in [1.82, 2.24) is 0 Å². The van der Waals surface area contributed by atoms with Gasteiger partial charge in [0.2, 0.25) is 0 Å². The maximum atomic E-state index is 12.6. The zero-order valence-electron chi connectivity index (χ0n) is 26.2. The summed E-state index contributed by atoms with van der Waals surface area (Å²) < 4.78 is 65.0. The van der Waals surface area contributed by atoms with Crippen LogP contribution in [-0.4, -0.2) is 41.7 Å². The number of nitrogens with zero attached hydrogens (tertiary/aromatic N) is 1. The van der Waals surface area contributed by atoms with Crippen molar-refractivity contribution in [3.63, 3.8) is 0 Å². The molecule has 0 spiro atoms. The summed E-state index contributed by atoms with van der Waals surface area (Å²) in [5.41, 5.74) is 4.55. The summed E-state index contributed by atoms with van der Waals surface area (Å²) >= 11 is 1.03. The molecule has 48 heavy (non-hydrogen) atoms. The van der Waals surface area contributed by atoms with Crippen molar-refractivity contribution in [3.8, 4) is 22.6 Å². The Labute approximate surface area is 286 Å². The van der Waals surface area contributed by atoms with Gasteiger partial charge < -0.3 is 14.6 Å². The van der Waals surface area contributed by atoms with Crippen molar-refractivity contribution in [1.29, 1.82) is 0 Å². The van der Waals surface area contributed by atoms with Crippen molar-refractivity contribution >= 4 is 37.1 Å². The Kier molecular flexibility index (Phi) is 12.1. The maximum absolute atomic E-state index is 12.6. The first-order chi connectivity index (χ1) is 23.2. The van der Waals surface area contributed by atoms with Crippen LogP contribution in [0.2, 0.25) is 0 Å². The first-order valence-corrected chi connectivity index (χ1v) is 19.6. The molecule has 0 saturated heterocycles. The molecular formula is C37H36NO7S3-. The molecule has 0 amide bonds. The van der Waals surface area contributed by atoms with E-state index in [1.165, 1.54) is 6.07 Å². The minimum atomic E-state index is -3.98. The first kappa shape index (κ1) is 34.9. The van der Waals surface area contributed by atoms with E-state index in [0.29, 0.717) is 44.0 Å². The predicted molar refractivity (Wildman–Crippen MR) is 189 cm³/mol. The quantitative estimate of drug-likeness (QED) is 0.0616. The lowest BCUT2D eigenvalue weighted by Crippen LogP contribution is -2.20. The van der Waals surface area contributed by atoms with Gasteiger partial charge in [0.05, 0.1) is 24.7 Å². The summed E-state index contributed by atoms with van der Waals surface area (Å²) in [5.74, 6) is 0.807. The second-order valence-electron chi connectivity index (χ2n) is 11.1. The maximum Gasteiger partial charge on any atom is 0.290 e. The Morgan fingerprint density at radius 1 is 0.688 bits per heavy atom. The molecule has 0 aliphatic heterocycles. The van der Waals surface area contributed by atoms with Crippen LogP contribution in [0.15, 0.2) is 129 Å². The molecule has 0 bridgehead atoms. The smallest absolute Gasteiger partial charge is 0.290 e. The van der Waals surface area contributed by atoms with Gasteiger partial charge in [-0.1, -0.05) is 84.9 Å². The number of sulfonamides is 1. The van der Waals surface area contributed by atoms with E-state index in [1.807, 2.05) is 78.9 Å². The number of hydrogen-bond donors (Lipinski definition) is 0. The van der Waals surface area contributed by atoms with E-state index in [9.17, 15) is 21.9 Å². The van der Waals surface area contributed by atoms with E-state index in [0.717, 1.165) is 39.2 Å². The summed E-state index contributed by atoms with van der Waals surface area (Å²) in [6.45, 7) is 0.896. The number of rotatable bonds is 17. The number of thiophene rings is 1. The summed E-state index contributed by atoms with van der Waals surface area (Å²) in [4.78, 5) is 0. The molecule has 0 atom stereocenters. The molecule has 0 radical (unpaired) electrons. The zero-order valence-corrected chi connectivity index (χ0v) is 28.7. The van der Waals surface area contributed by atoms with Crippen molar-refractivity contribution in [2.45, 2.75) is 35.6 Å². The summed E-state index contributed by atoms with van der Waals surface area (Å²) in [6, 6.07) is 35.1. The molecular weight excluding hydrogens is 667 g/mol. The van der Waals surface area contributed by atoms with E-state index in [4.69, 9.17) is 9.47 Å². The molecule has 4 aromatic carbocycles. The van der Waals surface area contributed by atoms with Crippen LogP contribution in [0.4, 0.5) is 0 Å². The van der Waals surface area contributed by atoms with Crippen LogP contribution in [0, 0.1) is 0 Å². The molecule has 0 unspecified atom stereocenters. The Bertz CT molecular complexity index is 1990. The highest BCUT2D eigenvalue weighted by molar-refractivity contribution is 7.92. The molecule has 5 rings (SSSR count). The van der Waals surface area contributed by atoms with Gasteiger partial charge in [0, 0.05) is 6.42 Å². The van der Waals surface area contributed by atoms with Crippen LogP contribution in [-0.2, 0) is 38.5 Å². The molecule has 11 heteroatoms. The van der Waals surface area contributed by atoms with E-state index >= 15 is 0 Å². The van der Waals surface area contributed by atoms with Gasteiger partial charge in [-0.05, 0) is 88.7 Å².